The second-order valence-corrected chi connectivity index (χ2v) is 11.1. The maximum Gasteiger partial charge on any atom is 0.189 e. The van der Waals surface area contributed by atoms with Crippen LogP contribution < -0.4 is 0 Å². The van der Waals surface area contributed by atoms with Crippen LogP contribution in [0.5, 0.6) is 0 Å². The van der Waals surface area contributed by atoms with Gasteiger partial charge in [-0.15, -0.1) is 0 Å². The van der Waals surface area contributed by atoms with Crippen molar-refractivity contribution in [2.24, 2.45) is 0 Å². The van der Waals surface area contributed by atoms with Gasteiger partial charge in [-0.3, -0.25) is 0 Å². The summed E-state index contributed by atoms with van der Waals surface area (Å²) in [7, 11) is 0. The largest absolute Gasteiger partial charge is 0.456 e. The summed E-state index contributed by atoms with van der Waals surface area (Å²) in [4.78, 5) is 18.3. The summed E-state index contributed by atoms with van der Waals surface area (Å²) in [6.07, 6.45) is 0. The Balaban J connectivity index is 1.28. The fraction of sp³-hybridized carbons (Fsp3) is 0. The van der Waals surface area contributed by atoms with Gasteiger partial charge in [-0.2, -0.15) is 5.26 Å². The van der Waals surface area contributed by atoms with Crippen LogP contribution in [-0.2, 0) is 0 Å². The lowest BCUT2D eigenvalue weighted by atomic mass is 9.99. The van der Waals surface area contributed by atoms with Gasteiger partial charge in [0.25, 0.3) is 0 Å². The number of nitriles is 1. The Hall–Kier alpha value is -6.89. The molecule has 0 radical (unpaired) electrons. The van der Waals surface area contributed by atoms with Gasteiger partial charge < -0.3 is 4.42 Å². The van der Waals surface area contributed by atoms with Crippen LogP contribution in [0.3, 0.4) is 0 Å². The summed E-state index contributed by atoms with van der Waals surface area (Å²) >= 11 is 0. The third-order valence-electron chi connectivity index (χ3n) is 8.14. The highest BCUT2D eigenvalue weighted by molar-refractivity contribution is 6.13. The van der Waals surface area contributed by atoms with Gasteiger partial charge in [-0.25, -0.2) is 19.8 Å². The van der Waals surface area contributed by atoms with Crippen molar-refractivity contribution >= 4 is 27.6 Å². The molecule has 8 aromatic rings. The zero-order chi connectivity index (χ0) is 31.7. The lowest BCUT2D eigenvalue weighted by Gasteiger charge is -2.10. The van der Waals surface area contributed by atoms with Crippen molar-refractivity contribution in [3.05, 3.63) is 157 Å². The predicted octanol–water partition coefficient (Wildman–Crippen LogP) is 10.5. The summed E-state index contributed by atoms with van der Waals surface area (Å²) in [5, 5.41) is 11.6. The lowest BCUT2D eigenvalue weighted by molar-refractivity contribution is 0.669. The highest BCUT2D eigenvalue weighted by Gasteiger charge is 2.17. The van der Waals surface area contributed by atoms with E-state index in [2.05, 4.69) is 35.2 Å². The Morgan fingerprint density at radius 3 is 1.89 bits per heavy atom. The molecule has 6 aromatic carbocycles. The van der Waals surface area contributed by atoms with Gasteiger partial charge in [0, 0.05) is 33.0 Å². The van der Waals surface area contributed by atoms with Crippen LogP contribution in [0.4, 0.5) is 5.69 Å². The molecule has 6 heteroatoms. The summed E-state index contributed by atoms with van der Waals surface area (Å²) in [6.45, 7) is 7.48. The first-order chi connectivity index (χ1) is 23.2. The number of nitrogens with zero attached hydrogens (tertiary/aromatic N) is 5. The minimum absolute atomic E-state index is 0.412. The molecule has 0 fully saturated rings. The molecular formula is C41H23N5O. The van der Waals surface area contributed by atoms with Gasteiger partial charge in [0.15, 0.2) is 23.2 Å². The van der Waals surface area contributed by atoms with Gasteiger partial charge in [0.2, 0.25) is 0 Å². The SMILES string of the molecule is [C-]#[N+]c1cc(C#N)cc(-c2cccc(-c3nc(-c4ccccc4)nc(-c4ccc5c(c4)oc4cccc(-c6ccccc6)c45)n3)c2)c1. The molecule has 2 aromatic heterocycles. The number of benzene rings is 6. The first-order valence-corrected chi connectivity index (χ1v) is 15.0. The van der Waals surface area contributed by atoms with E-state index >= 15 is 0 Å². The first kappa shape index (κ1) is 27.6. The van der Waals surface area contributed by atoms with Crippen LogP contribution in [0.25, 0.3) is 83.2 Å². The molecule has 0 saturated carbocycles. The Morgan fingerprint density at radius 2 is 1.17 bits per heavy atom. The van der Waals surface area contributed by atoms with E-state index in [1.165, 1.54) is 0 Å². The van der Waals surface area contributed by atoms with E-state index in [0.717, 1.165) is 60.9 Å². The minimum atomic E-state index is 0.412. The Kier molecular flexibility index (Phi) is 6.80. The van der Waals surface area contributed by atoms with E-state index < -0.39 is 0 Å². The van der Waals surface area contributed by atoms with Crippen LogP contribution >= 0.6 is 0 Å². The zero-order valence-electron chi connectivity index (χ0n) is 24.9. The maximum absolute atomic E-state index is 9.53. The molecule has 0 amide bonds. The van der Waals surface area contributed by atoms with E-state index in [9.17, 15) is 5.26 Å². The minimum Gasteiger partial charge on any atom is -0.456 e. The number of furan rings is 1. The third kappa shape index (κ3) is 5.17. The molecule has 0 saturated heterocycles. The van der Waals surface area contributed by atoms with E-state index in [4.69, 9.17) is 25.9 Å². The second-order valence-electron chi connectivity index (χ2n) is 11.1. The van der Waals surface area contributed by atoms with E-state index in [1.807, 2.05) is 97.1 Å². The average molecular weight is 602 g/mol. The van der Waals surface area contributed by atoms with Crippen LogP contribution in [0.1, 0.15) is 5.56 Å². The molecule has 0 aliphatic heterocycles. The van der Waals surface area contributed by atoms with E-state index in [0.29, 0.717) is 28.7 Å². The highest BCUT2D eigenvalue weighted by atomic mass is 16.3. The highest BCUT2D eigenvalue weighted by Crippen LogP contribution is 2.38. The molecule has 0 spiro atoms. The molecule has 0 unspecified atom stereocenters. The van der Waals surface area contributed by atoms with Crippen LogP contribution in [0.15, 0.2) is 144 Å². The number of hydrogen-bond acceptors (Lipinski definition) is 5. The Bertz CT molecular complexity index is 2510. The Labute approximate surface area is 270 Å². The standard InChI is InChI=1S/C41H23N5O/c1-43-33-21-26(25-42)20-32(23-33)29-14-8-15-30(22-29)40-44-39(28-12-6-3-7-13-28)45-41(46-40)31-18-19-35-37(24-31)47-36-17-9-16-34(38(35)36)27-10-4-2-5-11-27/h2-24H. The monoisotopic (exact) mass is 601 g/mol. The van der Waals surface area contributed by atoms with Crippen molar-refractivity contribution in [1.82, 2.24) is 15.0 Å². The number of rotatable bonds is 5. The summed E-state index contributed by atoms with van der Waals surface area (Å²) in [5.41, 5.74) is 8.75. The number of hydrogen-bond donors (Lipinski definition) is 0. The fourth-order valence-electron chi connectivity index (χ4n) is 5.92. The molecule has 6 nitrogen and oxygen atoms in total. The lowest BCUT2D eigenvalue weighted by Crippen LogP contribution is -2.00. The van der Waals surface area contributed by atoms with E-state index in [-0.39, 0.29) is 0 Å². The fourth-order valence-corrected chi connectivity index (χ4v) is 5.92. The van der Waals surface area contributed by atoms with Crippen molar-refractivity contribution in [1.29, 1.82) is 5.26 Å². The summed E-state index contributed by atoms with van der Waals surface area (Å²) in [6, 6.07) is 47.5. The topological polar surface area (TPSA) is 80.0 Å². The van der Waals surface area contributed by atoms with Crippen LogP contribution in [0.2, 0.25) is 0 Å². The van der Waals surface area contributed by atoms with Gasteiger partial charge in [0.1, 0.15) is 11.2 Å². The van der Waals surface area contributed by atoms with Crippen LogP contribution in [-0.4, -0.2) is 15.0 Å². The summed E-state index contributed by atoms with van der Waals surface area (Å²) < 4.78 is 6.39. The molecule has 8 rings (SSSR count). The van der Waals surface area contributed by atoms with E-state index in [1.54, 1.807) is 18.2 Å². The molecule has 47 heavy (non-hydrogen) atoms. The molecule has 0 aliphatic carbocycles. The predicted molar refractivity (Wildman–Crippen MR) is 185 cm³/mol. The quantitative estimate of drug-likeness (QED) is 0.183. The normalized spacial score (nSPS) is 10.9. The van der Waals surface area contributed by atoms with Gasteiger partial charge in [-0.05, 0) is 64.7 Å². The van der Waals surface area contributed by atoms with Crippen LogP contribution in [0, 0.1) is 17.9 Å². The average Bonchev–Trinajstić information content (AvgIpc) is 3.53. The molecular weight excluding hydrogens is 578 g/mol. The second kappa shape index (κ2) is 11.6. The molecule has 218 valence electrons. The van der Waals surface area contributed by atoms with Crippen molar-refractivity contribution in [3.8, 4) is 62.5 Å². The smallest absolute Gasteiger partial charge is 0.189 e. The third-order valence-corrected chi connectivity index (χ3v) is 8.14. The van der Waals surface area contributed by atoms with Crippen molar-refractivity contribution in [2.45, 2.75) is 0 Å². The molecule has 2 heterocycles. The molecule has 0 bridgehead atoms. The number of aromatic nitrogens is 3. The zero-order valence-corrected chi connectivity index (χ0v) is 24.9. The Morgan fingerprint density at radius 1 is 0.532 bits per heavy atom. The number of fused-ring (bicyclic) bond motifs is 3. The van der Waals surface area contributed by atoms with Gasteiger partial charge in [-0.1, -0.05) is 97.1 Å². The maximum atomic E-state index is 9.53. The molecule has 0 N–H and O–H groups in total. The first-order valence-electron chi connectivity index (χ1n) is 15.0. The molecule has 0 atom stereocenters. The van der Waals surface area contributed by atoms with Gasteiger partial charge >= 0.3 is 0 Å². The summed E-state index contributed by atoms with van der Waals surface area (Å²) in [5.74, 6) is 1.58. The molecule has 0 aliphatic rings. The van der Waals surface area contributed by atoms with Crippen molar-refractivity contribution < 1.29 is 4.42 Å². The van der Waals surface area contributed by atoms with Crippen molar-refractivity contribution in [3.63, 3.8) is 0 Å². The van der Waals surface area contributed by atoms with Gasteiger partial charge in [0.05, 0.1) is 12.6 Å². The van der Waals surface area contributed by atoms with Crippen molar-refractivity contribution in [2.75, 3.05) is 0 Å².